The molecule has 0 spiro atoms. The van der Waals surface area contributed by atoms with Crippen LogP contribution in [0.25, 0.3) is 0 Å². The van der Waals surface area contributed by atoms with Crippen molar-refractivity contribution in [2.24, 2.45) is 0 Å². The molecule has 2 heterocycles. The number of pyridine rings is 1. The fourth-order valence-corrected chi connectivity index (χ4v) is 2.73. The van der Waals surface area contributed by atoms with E-state index in [1.165, 1.54) is 17.8 Å². The topological polar surface area (TPSA) is 16.1 Å². The summed E-state index contributed by atoms with van der Waals surface area (Å²) in [6, 6.07) is 8.87. The van der Waals surface area contributed by atoms with Crippen LogP contribution in [0, 0.1) is 12.7 Å². The number of hydrogen-bond acceptors (Lipinski definition) is 2. The quantitative estimate of drug-likeness (QED) is 0.781. The Morgan fingerprint density at radius 1 is 1.32 bits per heavy atom. The maximum Gasteiger partial charge on any atom is 0.123 e. The monoisotopic (exact) mass is 320 g/mol. The van der Waals surface area contributed by atoms with Crippen molar-refractivity contribution < 1.29 is 4.39 Å². The molecule has 1 aliphatic heterocycles. The van der Waals surface area contributed by atoms with Gasteiger partial charge in [-0.05, 0) is 52.2 Å². The molecule has 4 heteroatoms. The number of nitrogens with zero attached hydrogens (tertiary/aromatic N) is 2. The first-order valence-corrected chi connectivity index (χ1v) is 7.08. The minimum Gasteiger partial charge on any atom is -0.365 e. The van der Waals surface area contributed by atoms with E-state index >= 15 is 0 Å². The van der Waals surface area contributed by atoms with Gasteiger partial charge in [0.05, 0.1) is 11.4 Å². The summed E-state index contributed by atoms with van der Waals surface area (Å²) in [4.78, 5) is 6.87. The number of aryl methyl sites for hydroxylation is 1. The second-order valence-corrected chi connectivity index (χ2v) is 5.61. The average Bonchev–Trinajstić information content (AvgIpc) is 2.76. The fraction of sp³-hybridized carbons (Fsp3) is 0.267. The second kappa shape index (κ2) is 4.93. The number of fused-ring (bicyclic) bond motifs is 1. The summed E-state index contributed by atoms with van der Waals surface area (Å²) in [6.07, 6.45) is 0.968. The van der Waals surface area contributed by atoms with Crippen LogP contribution in [0.5, 0.6) is 0 Å². The van der Waals surface area contributed by atoms with E-state index in [1.807, 2.05) is 19.1 Å². The van der Waals surface area contributed by atoms with Gasteiger partial charge in [-0.3, -0.25) is 0 Å². The number of anilines is 1. The molecule has 0 fully saturated rings. The molecule has 1 aromatic carbocycles. The Balaban J connectivity index is 1.86. The molecular formula is C15H14BrFN2. The second-order valence-electron chi connectivity index (χ2n) is 4.86. The highest BCUT2D eigenvalue weighted by Crippen LogP contribution is 2.31. The van der Waals surface area contributed by atoms with Crippen LogP contribution in [0.1, 0.15) is 16.8 Å². The van der Waals surface area contributed by atoms with E-state index in [9.17, 15) is 4.39 Å². The zero-order valence-corrected chi connectivity index (χ0v) is 12.2. The molecule has 0 saturated carbocycles. The van der Waals surface area contributed by atoms with E-state index in [2.05, 4.69) is 31.9 Å². The highest BCUT2D eigenvalue weighted by molar-refractivity contribution is 9.10. The molecule has 0 saturated heterocycles. The first kappa shape index (κ1) is 12.6. The van der Waals surface area contributed by atoms with Crippen molar-refractivity contribution in [2.75, 3.05) is 11.4 Å². The predicted octanol–water partition coefficient (Wildman–Crippen LogP) is 3.85. The van der Waals surface area contributed by atoms with Crippen LogP contribution < -0.4 is 4.90 Å². The van der Waals surface area contributed by atoms with Crippen molar-refractivity contribution in [1.82, 2.24) is 4.98 Å². The number of hydrogen-bond donors (Lipinski definition) is 0. The van der Waals surface area contributed by atoms with Crippen LogP contribution in [0.2, 0.25) is 0 Å². The summed E-state index contributed by atoms with van der Waals surface area (Å²) in [5.41, 5.74) is 4.60. The summed E-state index contributed by atoms with van der Waals surface area (Å²) in [7, 11) is 0. The third kappa shape index (κ3) is 2.50. The smallest absolute Gasteiger partial charge is 0.123 e. The lowest BCUT2D eigenvalue weighted by Crippen LogP contribution is -2.19. The van der Waals surface area contributed by atoms with Crippen LogP contribution in [-0.4, -0.2) is 11.5 Å². The van der Waals surface area contributed by atoms with E-state index in [0.29, 0.717) is 0 Å². The predicted molar refractivity (Wildman–Crippen MR) is 77.8 cm³/mol. The molecule has 1 aromatic heterocycles. The Kier molecular flexibility index (Phi) is 3.27. The maximum atomic E-state index is 12.9. The van der Waals surface area contributed by atoms with Crippen LogP contribution in [-0.2, 0) is 13.0 Å². The Morgan fingerprint density at radius 2 is 2.05 bits per heavy atom. The van der Waals surface area contributed by atoms with Gasteiger partial charge in [-0.25, -0.2) is 9.37 Å². The minimum atomic E-state index is -0.188. The molecule has 98 valence electrons. The number of halogens is 2. The molecule has 2 aromatic rings. The zero-order chi connectivity index (χ0) is 13.4. The molecule has 19 heavy (non-hydrogen) atoms. The van der Waals surface area contributed by atoms with Gasteiger partial charge in [0.2, 0.25) is 0 Å². The molecular weight excluding hydrogens is 307 g/mol. The van der Waals surface area contributed by atoms with Gasteiger partial charge in [0, 0.05) is 19.5 Å². The normalized spacial score (nSPS) is 13.7. The van der Waals surface area contributed by atoms with Crippen molar-refractivity contribution in [3.8, 4) is 0 Å². The molecule has 0 N–H and O–H groups in total. The SMILES string of the molecule is Cc1cc2c(nc1Br)CCN2Cc1ccc(F)cc1. The third-order valence-corrected chi connectivity index (χ3v) is 4.26. The first-order chi connectivity index (χ1) is 9.13. The number of benzene rings is 1. The van der Waals surface area contributed by atoms with Crippen molar-refractivity contribution in [3.63, 3.8) is 0 Å². The first-order valence-electron chi connectivity index (χ1n) is 6.29. The summed E-state index contributed by atoms with van der Waals surface area (Å²) >= 11 is 3.47. The van der Waals surface area contributed by atoms with Gasteiger partial charge in [-0.15, -0.1) is 0 Å². The van der Waals surface area contributed by atoms with Gasteiger partial charge in [-0.2, -0.15) is 0 Å². The fourth-order valence-electron chi connectivity index (χ4n) is 2.41. The van der Waals surface area contributed by atoms with E-state index in [0.717, 1.165) is 40.9 Å². The average molecular weight is 321 g/mol. The number of rotatable bonds is 2. The molecule has 0 bridgehead atoms. The van der Waals surface area contributed by atoms with Gasteiger partial charge < -0.3 is 4.90 Å². The molecule has 0 unspecified atom stereocenters. The van der Waals surface area contributed by atoms with E-state index in [4.69, 9.17) is 0 Å². The van der Waals surface area contributed by atoms with Crippen LogP contribution in [0.15, 0.2) is 34.9 Å². The lowest BCUT2D eigenvalue weighted by molar-refractivity contribution is 0.626. The lowest BCUT2D eigenvalue weighted by atomic mass is 10.2. The highest BCUT2D eigenvalue weighted by Gasteiger charge is 2.21. The third-order valence-electron chi connectivity index (χ3n) is 3.45. The van der Waals surface area contributed by atoms with Crippen LogP contribution >= 0.6 is 15.9 Å². The van der Waals surface area contributed by atoms with E-state index < -0.39 is 0 Å². The van der Waals surface area contributed by atoms with Crippen molar-refractivity contribution in [1.29, 1.82) is 0 Å². The van der Waals surface area contributed by atoms with E-state index in [-0.39, 0.29) is 5.82 Å². The molecule has 1 aliphatic rings. The Hall–Kier alpha value is -1.42. The minimum absolute atomic E-state index is 0.188. The Labute approximate surface area is 120 Å². The summed E-state index contributed by atoms with van der Waals surface area (Å²) < 4.78 is 13.8. The number of aromatic nitrogens is 1. The largest absolute Gasteiger partial charge is 0.365 e. The Bertz CT molecular complexity index is 610. The molecule has 2 nitrogen and oxygen atoms in total. The van der Waals surface area contributed by atoms with Gasteiger partial charge >= 0.3 is 0 Å². The lowest BCUT2D eigenvalue weighted by Gasteiger charge is -2.19. The summed E-state index contributed by atoms with van der Waals surface area (Å²) in [6.45, 7) is 3.82. The standard InChI is InChI=1S/C15H14BrFN2/c1-10-8-14-13(18-15(10)16)6-7-19(14)9-11-2-4-12(17)5-3-11/h2-5,8H,6-7,9H2,1H3. The summed E-state index contributed by atoms with van der Waals surface area (Å²) in [5, 5.41) is 0. The van der Waals surface area contributed by atoms with Crippen molar-refractivity contribution in [2.45, 2.75) is 19.9 Å². The molecule has 0 amide bonds. The molecule has 0 aliphatic carbocycles. The van der Waals surface area contributed by atoms with Crippen LogP contribution in [0.3, 0.4) is 0 Å². The van der Waals surface area contributed by atoms with Gasteiger partial charge in [0.1, 0.15) is 10.4 Å². The molecule has 3 rings (SSSR count). The maximum absolute atomic E-state index is 12.9. The zero-order valence-electron chi connectivity index (χ0n) is 10.7. The van der Waals surface area contributed by atoms with Gasteiger partial charge in [-0.1, -0.05) is 12.1 Å². The van der Waals surface area contributed by atoms with Crippen molar-refractivity contribution in [3.05, 3.63) is 57.6 Å². The molecule has 0 atom stereocenters. The van der Waals surface area contributed by atoms with Gasteiger partial charge in [0.25, 0.3) is 0 Å². The Morgan fingerprint density at radius 3 is 2.79 bits per heavy atom. The van der Waals surface area contributed by atoms with Gasteiger partial charge in [0.15, 0.2) is 0 Å². The molecule has 0 radical (unpaired) electrons. The van der Waals surface area contributed by atoms with Crippen molar-refractivity contribution >= 4 is 21.6 Å². The summed E-state index contributed by atoms with van der Waals surface area (Å²) in [5.74, 6) is -0.188. The highest BCUT2D eigenvalue weighted by atomic mass is 79.9. The van der Waals surface area contributed by atoms with Crippen LogP contribution in [0.4, 0.5) is 10.1 Å². The van der Waals surface area contributed by atoms with E-state index in [1.54, 1.807) is 0 Å².